The molecular weight excluding hydrogens is 239 g/mol. The third kappa shape index (κ3) is 3.01. The van der Waals surface area contributed by atoms with Crippen LogP contribution in [0.3, 0.4) is 0 Å². The molecule has 1 aromatic carbocycles. The lowest BCUT2D eigenvalue weighted by Crippen LogP contribution is -2.19. The number of ether oxygens (including phenoxy) is 3. The summed E-state index contributed by atoms with van der Waals surface area (Å²) in [6, 6.07) is 3.81. The summed E-state index contributed by atoms with van der Waals surface area (Å²) in [4.78, 5) is 0. The van der Waals surface area contributed by atoms with Crippen LogP contribution >= 0.6 is 0 Å². The molecule has 0 aromatic heterocycles. The molecule has 1 aromatic rings. The van der Waals surface area contributed by atoms with Crippen molar-refractivity contribution in [2.45, 2.75) is 12.7 Å². The molecule has 1 aliphatic heterocycles. The van der Waals surface area contributed by atoms with Crippen LogP contribution in [0, 0.1) is 0 Å². The van der Waals surface area contributed by atoms with Crippen molar-refractivity contribution < 1.29 is 27.4 Å². The smallest absolute Gasteiger partial charge is 0.405 e. The number of hydrogen-bond donors (Lipinski definition) is 1. The largest absolute Gasteiger partial charge is 0.573 e. The van der Waals surface area contributed by atoms with Crippen molar-refractivity contribution in [3.63, 3.8) is 0 Å². The van der Waals surface area contributed by atoms with Crippen molar-refractivity contribution in [2.24, 2.45) is 0 Å². The van der Waals surface area contributed by atoms with Gasteiger partial charge in [0.05, 0.1) is 18.8 Å². The maximum Gasteiger partial charge on any atom is 0.573 e. The van der Waals surface area contributed by atoms with Gasteiger partial charge in [0.1, 0.15) is 5.75 Å². The van der Waals surface area contributed by atoms with Gasteiger partial charge in [-0.2, -0.15) is 0 Å². The van der Waals surface area contributed by atoms with E-state index in [-0.39, 0.29) is 11.3 Å². The Kier molecular flexibility index (Phi) is 3.12. The van der Waals surface area contributed by atoms with Crippen LogP contribution in [-0.2, 0) is 9.47 Å². The number of halogens is 3. The Morgan fingerprint density at radius 1 is 1.24 bits per heavy atom. The van der Waals surface area contributed by atoms with E-state index in [4.69, 9.17) is 15.2 Å². The molecule has 1 aliphatic rings. The average Bonchev–Trinajstić information content (AvgIpc) is 2.71. The van der Waals surface area contributed by atoms with Gasteiger partial charge in [0, 0.05) is 5.69 Å². The lowest BCUT2D eigenvalue weighted by Gasteiger charge is -2.16. The van der Waals surface area contributed by atoms with Crippen LogP contribution in [0.5, 0.6) is 5.75 Å². The van der Waals surface area contributed by atoms with Crippen LogP contribution in [0.2, 0.25) is 0 Å². The Morgan fingerprint density at radius 3 is 2.47 bits per heavy atom. The van der Waals surface area contributed by atoms with Gasteiger partial charge in [-0.3, -0.25) is 0 Å². The van der Waals surface area contributed by atoms with Gasteiger partial charge in [0.25, 0.3) is 0 Å². The summed E-state index contributed by atoms with van der Waals surface area (Å²) in [5.41, 5.74) is 5.96. The SMILES string of the molecule is Nc1ccc(OC(F)(F)F)c(C2OCCO2)c1. The zero-order valence-electron chi connectivity index (χ0n) is 8.66. The molecule has 94 valence electrons. The van der Waals surface area contributed by atoms with Gasteiger partial charge in [-0.15, -0.1) is 13.2 Å². The fourth-order valence-corrected chi connectivity index (χ4v) is 1.51. The lowest BCUT2D eigenvalue weighted by molar-refractivity contribution is -0.275. The fraction of sp³-hybridized carbons (Fsp3) is 0.400. The highest BCUT2D eigenvalue weighted by Crippen LogP contribution is 2.35. The summed E-state index contributed by atoms with van der Waals surface area (Å²) in [7, 11) is 0. The number of hydrogen-bond acceptors (Lipinski definition) is 4. The second kappa shape index (κ2) is 4.42. The molecule has 17 heavy (non-hydrogen) atoms. The molecule has 0 atom stereocenters. The number of rotatable bonds is 2. The van der Waals surface area contributed by atoms with Crippen molar-refractivity contribution in [3.05, 3.63) is 23.8 Å². The van der Waals surface area contributed by atoms with Crippen LogP contribution in [0.1, 0.15) is 11.9 Å². The van der Waals surface area contributed by atoms with Gasteiger partial charge in [0.15, 0.2) is 6.29 Å². The van der Waals surface area contributed by atoms with E-state index in [0.29, 0.717) is 18.9 Å². The van der Waals surface area contributed by atoms with E-state index in [2.05, 4.69) is 4.74 Å². The summed E-state index contributed by atoms with van der Waals surface area (Å²) in [5, 5.41) is 0. The van der Waals surface area contributed by atoms with Crippen LogP contribution in [0.4, 0.5) is 18.9 Å². The third-order valence-corrected chi connectivity index (χ3v) is 2.14. The molecule has 7 heteroatoms. The molecule has 2 rings (SSSR count). The van der Waals surface area contributed by atoms with Crippen molar-refractivity contribution in [1.29, 1.82) is 0 Å². The number of nitrogens with two attached hydrogens (primary N) is 1. The highest BCUT2D eigenvalue weighted by Gasteiger charge is 2.34. The summed E-state index contributed by atoms with van der Waals surface area (Å²) in [5.74, 6) is -0.362. The average molecular weight is 249 g/mol. The Morgan fingerprint density at radius 2 is 1.88 bits per heavy atom. The van der Waals surface area contributed by atoms with E-state index in [1.165, 1.54) is 12.1 Å². The highest BCUT2D eigenvalue weighted by molar-refractivity contribution is 5.48. The minimum absolute atomic E-state index is 0.139. The highest BCUT2D eigenvalue weighted by atomic mass is 19.4. The van der Waals surface area contributed by atoms with Gasteiger partial charge in [-0.05, 0) is 18.2 Å². The lowest BCUT2D eigenvalue weighted by atomic mass is 10.1. The zero-order valence-corrected chi connectivity index (χ0v) is 8.66. The molecule has 1 heterocycles. The Labute approximate surface area is 95.1 Å². The molecule has 4 nitrogen and oxygen atoms in total. The molecule has 0 spiro atoms. The fourth-order valence-electron chi connectivity index (χ4n) is 1.51. The van der Waals surface area contributed by atoms with Gasteiger partial charge in [0.2, 0.25) is 0 Å². The third-order valence-electron chi connectivity index (χ3n) is 2.14. The molecule has 0 radical (unpaired) electrons. The van der Waals surface area contributed by atoms with E-state index < -0.39 is 12.7 Å². The molecule has 0 unspecified atom stereocenters. The predicted molar refractivity (Wildman–Crippen MR) is 52.2 cm³/mol. The molecule has 0 saturated carbocycles. The number of alkyl halides is 3. The maximum atomic E-state index is 12.2. The molecular formula is C10H10F3NO3. The quantitative estimate of drug-likeness (QED) is 0.816. The first-order valence-corrected chi connectivity index (χ1v) is 4.84. The van der Waals surface area contributed by atoms with Crippen molar-refractivity contribution in [3.8, 4) is 5.75 Å². The van der Waals surface area contributed by atoms with E-state index in [9.17, 15) is 13.2 Å². The van der Waals surface area contributed by atoms with Crippen LogP contribution in [0.25, 0.3) is 0 Å². The summed E-state index contributed by atoms with van der Waals surface area (Å²) < 4.78 is 50.7. The topological polar surface area (TPSA) is 53.7 Å². The minimum atomic E-state index is -4.76. The predicted octanol–water partition coefficient (Wildman–Crippen LogP) is 2.21. The van der Waals surface area contributed by atoms with Crippen molar-refractivity contribution >= 4 is 5.69 Å². The van der Waals surface area contributed by atoms with E-state index >= 15 is 0 Å². The Bertz CT molecular complexity index is 402. The second-order valence-corrected chi connectivity index (χ2v) is 3.42. The molecule has 2 N–H and O–H groups in total. The number of benzene rings is 1. The first kappa shape index (κ1) is 12.0. The van der Waals surface area contributed by atoms with Crippen molar-refractivity contribution in [2.75, 3.05) is 18.9 Å². The van der Waals surface area contributed by atoms with Gasteiger partial charge in [-0.1, -0.05) is 0 Å². The monoisotopic (exact) mass is 249 g/mol. The Balaban J connectivity index is 2.30. The van der Waals surface area contributed by atoms with Crippen LogP contribution < -0.4 is 10.5 Å². The summed E-state index contributed by atoms with van der Waals surface area (Å²) >= 11 is 0. The van der Waals surface area contributed by atoms with E-state index in [0.717, 1.165) is 6.07 Å². The normalized spacial score (nSPS) is 17.4. The Hall–Kier alpha value is -1.47. The van der Waals surface area contributed by atoms with Gasteiger partial charge in [-0.25, -0.2) is 0 Å². The molecule has 1 saturated heterocycles. The molecule has 0 bridgehead atoms. The van der Waals surface area contributed by atoms with Gasteiger partial charge < -0.3 is 19.9 Å². The van der Waals surface area contributed by atoms with Crippen LogP contribution in [-0.4, -0.2) is 19.6 Å². The standard InChI is InChI=1S/C10H10F3NO3/c11-10(12,13)17-8-2-1-6(14)5-7(8)9-15-3-4-16-9/h1-2,5,9H,3-4,14H2. The van der Waals surface area contributed by atoms with Crippen LogP contribution in [0.15, 0.2) is 18.2 Å². The number of nitrogen functional groups attached to an aromatic ring is 1. The summed E-state index contributed by atoms with van der Waals surface area (Å²) in [6.07, 6.45) is -5.63. The first-order valence-electron chi connectivity index (χ1n) is 4.84. The number of anilines is 1. The van der Waals surface area contributed by atoms with Crippen molar-refractivity contribution in [1.82, 2.24) is 0 Å². The van der Waals surface area contributed by atoms with E-state index in [1.807, 2.05) is 0 Å². The van der Waals surface area contributed by atoms with E-state index in [1.54, 1.807) is 0 Å². The molecule has 1 fully saturated rings. The minimum Gasteiger partial charge on any atom is -0.405 e. The zero-order chi connectivity index (χ0) is 12.5. The molecule has 0 amide bonds. The second-order valence-electron chi connectivity index (χ2n) is 3.42. The maximum absolute atomic E-state index is 12.2. The molecule has 0 aliphatic carbocycles. The summed E-state index contributed by atoms with van der Waals surface area (Å²) in [6.45, 7) is 0.649. The first-order chi connectivity index (χ1) is 7.96. The van der Waals surface area contributed by atoms with Gasteiger partial charge >= 0.3 is 6.36 Å².